The number of nitrogens with one attached hydrogen (secondary N) is 1. The van der Waals surface area contributed by atoms with Crippen LogP contribution in [0.4, 0.5) is 5.69 Å². The van der Waals surface area contributed by atoms with Gasteiger partial charge in [-0.2, -0.15) is 0 Å². The standard InChI is InChI=1S/C19H23NO5S/c1-14(2)25-17-8-10-18(11-9-17)26(22,23)13-12-19(21)20-15-4-6-16(24-3)7-5-15/h4-11,14H,12-13H2,1-3H3,(H,20,21). The molecule has 0 saturated heterocycles. The molecule has 0 saturated carbocycles. The monoisotopic (exact) mass is 377 g/mol. The molecule has 1 amide bonds. The molecular weight excluding hydrogens is 354 g/mol. The minimum atomic E-state index is -3.54. The Hall–Kier alpha value is -2.54. The molecule has 2 aromatic carbocycles. The van der Waals surface area contributed by atoms with Crippen LogP contribution < -0.4 is 14.8 Å². The van der Waals surface area contributed by atoms with Gasteiger partial charge in [-0.15, -0.1) is 0 Å². The molecule has 0 aliphatic carbocycles. The highest BCUT2D eigenvalue weighted by molar-refractivity contribution is 7.91. The Morgan fingerprint density at radius 1 is 1.00 bits per heavy atom. The smallest absolute Gasteiger partial charge is 0.225 e. The Balaban J connectivity index is 1.92. The van der Waals surface area contributed by atoms with Gasteiger partial charge in [0, 0.05) is 12.1 Å². The Morgan fingerprint density at radius 3 is 2.12 bits per heavy atom. The summed E-state index contributed by atoms with van der Waals surface area (Å²) in [4.78, 5) is 12.2. The summed E-state index contributed by atoms with van der Waals surface area (Å²) in [6.45, 7) is 3.79. The lowest BCUT2D eigenvalue weighted by molar-refractivity contribution is -0.115. The summed E-state index contributed by atoms with van der Waals surface area (Å²) in [7, 11) is -1.98. The molecule has 1 N–H and O–H groups in total. The van der Waals surface area contributed by atoms with Crippen molar-refractivity contribution in [2.24, 2.45) is 0 Å². The summed E-state index contributed by atoms with van der Waals surface area (Å²) in [6.07, 6.45) is -0.113. The Labute approximate surface area is 154 Å². The van der Waals surface area contributed by atoms with Gasteiger partial charge >= 0.3 is 0 Å². The largest absolute Gasteiger partial charge is 0.497 e. The highest BCUT2D eigenvalue weighted by Crippen LogP contribution is 2.19. The molecule has 0 spiro atoms. The van der Waals surface area contributed by atoms with Crippen LogP contribution in [0.3, 0.4) is 0 Å². The van der Waals surface area contributed by atoms with Crippen LogP contribution in [0.1, 0.15) is 20.3 Å². The van der Waals surface area contributed by atoms with Gasteiger partial charge in [0.25, 0.3) is 0 Å². The fraction of sp³-hybridized carbons (Fsp3) is 0.316. The zero-order valence-electron chi connectivity index (χ0n) is 15.1. The second-order valence-electron chi connectivity index (χ2n) is 5.98. The van der Waals surface area contributed by atoms with Gasteiger partial charge in [-0.1, -0.05) is 0 Å². The summed E-state index contributed by atoms with van der Waals surface area (Å²) in [5.41, 5.74) is 0.586. The molecule has 26 heavy (non-hydrogen) atoms. The molecule has 0 radical (unpaired) electrons. The van der Waals surface area contributed by atoms with Crippen LogP contribution in [0.25, 0.3) is 0 Å². The molecule has 7 heteroatoms. The van der Waals surface area contributed by atoms with Crippen molar-refractivity contribution in [3.05, 3.63) is 48.5 Å². The first kappa shape index (κ1) is 19.8. The minimum absolute atomic E-state index is 0.0131. The van der Waals surface area contributed by atoms with Crippen molar-refractivity contribution in [3.63, 3.8) is 0 Å². The molecule has 0 atom stereocenters. The number of carbonyl (C=O) groups is 1. The maximum atomic E-state index is 12.4. The van der Waals surface area contributed by atoms with Crippen molar-refractivity contribution in [1.82, 2.24) is 0 Å². The minimum Gasteiger partial charge on any atom is -0.497 e. The first-order valence-corrected chi connectivity index (χ1v) is 9.89. The molecule has 0 unspecified atom stereocenters. The van der Waals surface area contributed by atoms with Crippen molar-refractivity contribution in [1.29, 1.82) is 0 Å². The molecule has 0 aliphatic heterocycles. The molecule has 0 aliphatic rings. The first-order valence-electron chi connectivity index (χ1n) is 8.23. The van der Waals surface area contributed by atoms with E-state index in [0.717, 1.165) is 0 Å². The van der Waals surface area contributed by atoms with Crippen molar-refractivity contribution < 1.29 is 22.7 Å². The number of hydrogen-bond acceptors (Lipinski definition) is 5. The van der Waals surface area contributed by atoms with E-state index in [-0.39, 0.29) is 29.1 Å². The fourth-order valence-corrected chi connectivity index (χ4v) is 3.48. The lowest BCUT2D eigenvalue weighted by atomic mass is 10.3. The molecular formula is C19H23NO5S. The average Bonchev–Trinajstić information content (AvgIpc) is 2.61. The molecule has 0 heterocycles. The van der Waals surface area contributed by atoms with Crippen LogP contribution in [0.2, 0.25) is 0 Å². The van der Waals surface area contributed by atoms with E-state index < -0.39 is 9.84 Å². The first-order chi connectivity index (χ1) is 12.3. The predicted octanol–water partition coefficient (Wildman–Crippen LogP) is 3.28. The van der Waals surface area contributed by atoms with Gasteiger partial charge in [-0.25, -0.2) is 8.42 Å². The number of methoxy groups -OCH3 is 1. The zero-order chi connectivity index (χ0) is 19.2. The number of amides is 1. The summed E-state index contributed by atoms with van der Waals surface area (Å²) in [5, 5.41) is 2.67. The van der Waals surface area contributed by atoms with E-state index >= 15 is 0 Å². The van der Waals surface area contributed by atoms with E-state index in [1.54, 1.807) is 43.5 Å². The van der Waals surface area contributed by atoms with Crippen molar-refractivity contribution in [2.75, 3.05) is 18.2 Å². The number of rotatable bonds is 8. The Kier molecular flexibility index (Phi) is 6.63. The number of hydrogen-bond donors (Lipinski definition) is 1. The Bertz CT molecular complexity index is 827. The lowest BCUT2D eigenvalue weighted by Gasteiger charge is -2.10. The van der Waals surface area contributed by atoms with Crippen LogP contribution in [0.5, 0.6) is 11.5 Å². The van der Waals surface area contributed by atoms with Gasteiger partial charge in [0.05, 0.1) is 23.9 Å². The van der Waals surface area contributed by atoms with E-state index in [0.29, 0.717) is 17.2 Å². The lowest BCUT2D eigenvalue weighted by Crippen LogP contribution is -2.17. The summed E-state index contributed by atoms with van der Waals surface area (Å²) in [6, 6.07) is 13.0. The van der Waals surface area contributed by atoms with E-state index in [9.17, 15) is 13.2 Å². The summed E-state index contributed by atoms with van der Waals surface area (Å²) < 4.78 is 35.3. The van der Waals surface area contributed by atoms with Crippen LogP contribution in [-0.2, 0) is 14.6 Å². The van der Waals surface area contributed by atoms with Gasteiger partial charge in [0.2, 0.25) is 5.91 Å². The number of ether oxygens (including phenoxy) is 2. The normalized spacial score (nSPS) is 11.2. The zero-order valence-corrected chi connectivity index (χ0v) is 15.9. The fourth-order valence-electron chi connectivity index (χ4n) is 2.24. The highest BCUT2D eigenvalue weighted by atomic mass is 32.2. The van der Waals surface area contributed by atoms with E-state index in [1.807, 2.05) is 13.8 Å². The quantitative estimate of drug-likeness (QED) is 0.763. The Morgan fingerprint density at radius 2 is 1.58 bits per heavy atom. The second-order valence-corrected chi connectivity index (χ2v) is 8.09. The van der Waals surface area contributed by atoms with Gasteiger partial charge in [-0.3, -0.25) is 4.79 Å². The third kappa shape index (κ3) is 5.77. The molecule has 2 rings (SSSR count). The molecule has 0 aromatic heterocycles. The maximum Gasteiger partial charge on any atom is 0.225 e. The van der Waals surface area contributed by atoms with E-state index in [1.165, 1.54) is 12.1 Å². The van der Waals surface area contributed by atoms with Crippen LogP contribution >= 0.6 is 0 Å². The highest BCUT2D eigenvalue weighted by Gasteiger charge is 2.17. The molecule has 6 nitrogen and oxygen atoms in total. The number of carbonyl (C=O) groups excluding carboxylic acids is 1. The molecule has 0 fully saturated rings. The van der Waals surface area contributed by atoms with Crippen LogP contribution in [-0.4, -0.2) is 33.3 Å². The molecule has 0 bridgehead atoms. The van der Waals surface area contributed by atoms with Crippen LogP contribution in [0.15, 0.2) is 53.4 Å². The van der Waals surface area contributed by atoms with E-state index in [4.69, 9.17) is 9.47 Å². The van der Waals surface area contributed by atoms with Gasteiger partial charge in [0.1, 0.15) is 11.5 Å². The number of benzene rings is 2. The third-order valence-corrected chi connectivity index (χ3v) is 5.26. The molecule has 140 valence electrons. The van der Waals surface area contributed by atoms with Crippen molar-refractivity contribution in [3.8, 4) is 11.5 Å². The SMILES string of the molecule is COc1ccc(NC(=O)CCS(=O)(=O)c2ccc(OC(C)C)cc2)cc1. The number of sulfone groups is 1. The summed E-state index contributed by atoms with van der Waals surface area (Å²) >= 11 is 0. The van der Waals surface area contributed by atoms with Crippen molar-refractivity contribution in [2.45, 2.75) is 31.3 Å². The second kappa shape index (κ2) is 8.71. The molecule has 2 aromatic rings. The van der Waals surface area contributed by atoms with Gasteiger partial charge in [-0.05, 0) is 62.4 Å². The van der Waals surface area contributed by atoms with Crippen LogP contribution in [0, 0.1) is 0 Å². The third-order valence-electron chi connectivity index (χ3n) is 3.53. The maximum absolute atomic E-state index is 12.4. The topological polar surface area (TPSA) is 81.7 Å². The van der Waals surface area contributed by atoms with Gasteiger partial charge in [0.15, 0.2) is 9.84 Å². The summed E-state index contributed by atoms with van der Waals surface area (Å²) in [5.74, 6) is 0.657. The van der Waals surface area contributed by atoms with Crippen molar-refractivity contribution >= 4 is 21.4 Å². The number of anilines is 1. The average molecular weight is 377 g/mol. The van der Waals surface area contributed by atoms with Gasteiger partial charge < -0.3 is 14.8 Å². The van der Waals surface area contributed by atoms with E-state index in [2.05, 4.69) is 5.32 Å². The predicted molar refractivity (Wildman–Crippen MR) is 100 cm³/mol.